The van der Waals surface area contributed by atoms with E-state index in [1.807, 2.05) is 6.92 Å². The number of hydrogen-bond acceptors (Lipinski definition) is 10. The lowest BCUT2D eigenvalue weighted by Crippen LogP contribution is -2.71. The van der Waals surface area contributed by atoms with Crippen LogP contribution in [0.3, 0.4) is 0 Å². The molecule has 2 bridgehead atoms. The van der Waals surface area contributed by atoms with Crippen molar-refractivity contribution in [2.45, 2.75) is 82.1 Å². The van der Waals surface area contributed by atoms with Gasteiger partial charge in [-0.25, -0.2) is 13.8 Å². The van der Waals surface area contributed by atoms with Crippen molar-refractivity contribution in [2.24, 2.45) is 5.41 Å². The molecule has 6 aliphatic rings. The number of anilines is 2. The maximum atomic E-state index is 16.8. The number of nitrogens with two attached hydrogens (primary N) is 1. The lowest BCUT2D eigenvalue weighted by molar-refractivity contribution is -0.218. The second kappa shape index (κ2) is 9.98. The minimum absolute atomic E-state index is 0.0544. The minimum atomic E-state index is -5.03. The molecule has 7 heterocycles. The van der Waals surface area contributed by atoms with Crippen molar-refractivity contribution in [1.82, 2.24) is 25.2 Å². The standard InChI is InChI=1S/C32H34F5N7O3/c1-13-22(32(35,36)37)16(7-17(38)23(13)33)25-24(34)26-21-28(44-8-15-3-4-18(39-15)27(44)14(2)47-29(21)40-25)42-30(41-26)46-12-31(5-6-31)11-43-9-20-19(43)10-45-20/h7,14-15,18-20,27,39H,3-6,8-12,38H2,1-2H3/t14-,15+,18-,19?,20+,27+/m0/s1. The fraction of sp³-hybridized carbons (Fsp3) is 0.594. The van der Waals surface area contributed by atoms with Gasteiger partial charge in [0.1, 0.15) is 34.3 Å². The molecule has 4 saturated heterocycles. The van der Waals surface area contributed by atoms with E-state index in [4.69, 9.17) is 24.9 Å². The highest BCUT2D eigenvalue weighted by atomic mass is 19.4. The summed E-state index contributed by atoms with van der Waals surface area (Å²) in [5, 5.41) is 3.79. The third-order valence-electron chi connectivity index (χ3n) is 11.1. The summed E-state index contributed by atoms with van der Waals surface area (Å²) in [6.45, 7) is 6.18. The molecule has 9 rings (SSSR count). The molecule has 5 aliphatic heterocycles. The monoisotopic (exact) mass is 659 g/mol. The smallest absolute Gasteiger partial charge is 0.417 e. The molecule has 10 nitrogen and oxygen atoms in total. The Bertz CT molecular complexity index is 1820. The molecule has 15 heteroatoms. The van der Waals surface area contributed by atoms with Crippen molar-refractivity contribution < 1.29 is 36.2 Å². The number of benzene rings is 1. The van der Waals surface area contributed by atoms with Crippen molar-refractivity contribution in [3.05, 3.63) is 28.8 Å². The van der Waals surface area contributed by atoms with Crippen LogP contribution in [0.5, 0.6) is 11.9 Å². The minimum Gasteiger partial charge on any atom is -0.472 e. The summed E-state index contributed by atoms with van der Waals surface area (Å²) in [4.78, 5) is 18.1. The van der Waals surface area contributed by atoms with Crippen LogP contribution in [0.4, 0.5) is 33.5 Å². The number of nitrogen functional groups attached to an aromatic ring is 1. The first-order chi connectivity index (χ1) is 22.4. The van der Waals surface area contributed by atoms with Gasteiger partial charge in [0, 0.05) is 42.7 Å². The highest BCUT2D eigenvalue weighted by Crippen LogP contribution is 2.50. The molecule has 3 N–H and O–H groups in total. The number of aromatic nitrogens is 3. The van der Waals surface area contributed by atoms with Gasteiger partial charge in [-0.05, 0) is 51.2 Å². The zero-order valence-corrected chi connectivity index (χ0v) is 25.8. The number of piperazine rings is 1. The number of alkyl halides is 3. The highest BCUT2D eigenvalue weighted by molar-refractivity contribution is 5.97. The Balaban J connectivity index is 1.18. The van der Waals surface area contributed by atoms with Crippen LogP contribution in [-0.4, -0.2) is 89.1 Å². The molecule has 0 amide bonds. The SMILES string of the molecule is Cc1c(F)c(N)cc(-c2nc3c4c(nc(OCC5(CN6C[C@H]7OCC76)CC5)nc4c2F)N2C[C@H]4CC[C@H](N4)[C@H]2[C@H](C)O3)c1C(F)(F)F. The summed E-state index contributed by atoms with van der Waals surface area (Å²) in [5.74, 6) is -2.08. The summed E-state index contributed by atoms with van der Waals surface area (Å²) in [7, 11) is 0. The third kappa shape index (κ3) is 4.48. The van der Waals surface area contributed by atoms with E-state index in [-0.39, 0.29) is 46.3 Å². The zero-order valence-electron chi connectivity index (χ0n) is 25.8. The van der Waals surface area contributed by atoms with Crippen molar-refractivity contribution in [3.63, 3.8) is 0 Å². The summed E-state index contributed by atoms with van der Waals surface area (Å²) in [5.41, 5.74) is 1.36. The molecule has 3 aromatic rings. The van der Waals surface area contributed by atoms with Gasteiger partial charge in [0.05, 0.1) is 42.7 Å². The van der Waals surface area contributed by atoms with Crippen LogP contribution in [0.1, 0.15) is 43.7 Å². The number of halogens is 5. The second-order valence-electron chi connectivity index (χ2n) is 14.1. The van der Waals surface area contributed by atoms with Crippen LogP contribution >= 0.6 is 0 Å². The fourth-order valence-electron chi connectivity index (χ4n) is 8.32. The van der Waals surface area contributed by atoms with Crippen LogP contribution in [0, 0.1) is 24.0 Å². The molecule has 1 unspecified atom stereocenters. The summed E-state index contributed by atoms with van der Waals surface area (Å²) >= 11 is 0. The first-order valence-electron chi connectivity index (χ1n) is 16.2. The molecule has 47 heavy (non-hydrogen) atoms. The highest BCUT2D eigenvalue weighted by Gasteiger charge is 2.54. The van der Waals surface area contributed by atoms with E-state index in [1.54, 1.807) is 0 Å². The first-order valence-corrected chi connectivity index (χ1v) is 16.2. The number of fused-ring (bicyclic) bond motifs is 6. The average Bonchev–Trinajstić information content (AvgIpc) is 3.71. The van der Waals surface area contributed by atoms with Gasteiger partial charge in [0.15, 0.2) is 5.82 Å². The molecule has 1 aromatic carbocycles. The van der Waals surface area contributed by atoms with E-state index in [2.05, 4.69) is 25.1 Å². The number of nitrogens with one attached hydrogen (secondary N) is 1. The average molecular weight is 660 g/mol. The summed E-state index contributed by atoms with van der Waals surface area (Å²) in [6, 6.07) is 1.17. The Morgan fingerprint density at radius 3 is 2.62 bits per heavy atom. The topological polar surface area (TPSA) is 111 Å². The molecule has 0 radical (unpaired) electrons. The number of rotatable bonds is 6. The summed E-state index contributed by atoms with van der Waals surface area (Å²) < 4.78 is 92.9. The van der Waals surface area contributed by atoms with E-state index in [0.29, 0.717) is 31.1 Å². The lowest BCUT2D eigenvalue weighted by Gasteiger charge is -2.55. The number of likely N-dealkylation sites (tertiary alicyclic amines) is 1. The van der Waals surface area contributed by atoms with Gasteiger partial charge in [0.2, 0.25) is 5.88 Å². The molecular weight excluding hydrogens is 625 g/mol. The maximum Gasteiger partial charge on any atom is 0.417 e. The lowest BCUT2D eigenvalue weighted by atomic mass is 9.92. The normalized spacial score (nSPS) is 30.1. The second-order valence-corrected chi connectivity index (χ2v) is 14.1. The van der Waals surface area contributed by atoms with Crippen LogP contribution in [0.15, 0.2) is 6.07 Å². The van der Waals surface area contributed by atoms with Crippen LogP contribution in [0.2, 0.25) is 0 Å². The van der Waals surface area contributed by atoms with Crippen molar-refractivity contribution >= 4 is 22.4 Å². The fourth-order valence-corrected chi connectivity index (χ4v) is 8.32. The van der Waals surface area contributed by atoms with Gasteiger partial charge in [-0.3, -0.25) is 4.90 Å². The number of ether oxygens (including phenoxy) is 3. The van der Waals surface area contributed by atoms with Gasteiger partial charge in [0.25, 0.3) is 0 Å². The largest absolute Gasteiger partial charge is 0.472 e. The predicted octanol–water partition coefficient (Wildman–Crippen LogP) is 4.21. The van der Waals surface area contributed by atoms with Crippen molar-refractivity contribution in [3.8, 4) is 23.1 Å². The number of nitrogens with zero attached hydrogens (tertiary/aromatic N) is 5. The Morgan fingerprint density at radius 1 is 1.13 bits per heavy atom. The summed E-state index contributed by atoms with van der Waals surface area (Å²) in [6.07, 6.45) is -1.42. The third-order valence-corrected chi connectivity index (χ3v) is 11.1. The zero-order chi connectivity index (χ0) is 32.6. The Morgan fingerprint density at radius 2 is 1.94 bits per heavy atom. The molecule has 5 fully saturated rings. The molecule has 1 aliphatic carbocycles. The van der Waals surface area contributed by atoms with E-state index < -0.39 is 52.0 Å². The number of pyridine rings is 1. The van der Waals surface area contributed by atoms with E-state index in [0.717, 1.165) is 58.4 Å². The first kappa shape index (κ1) is 29.6. The van der Waals surface area contributed by atoms with Crippen LogP contribution in [-0.2, 0) is 10.9 Å². The Kier molecular flexibility index (Phi) is 6.28. The predicted molar refractivity (Wildman–Crippen MR) is 160 cm³/mol. The van der Waals surface area contributed by atoms with Gasteiger partial charge in [-0.15, -0.1) is 0 Å². The molecule has 2 aromatic heterocycles. The Labute approximate surface area is 266 Å². The number of morpholine rings is 1. The number of hydrogen-bond donors (Lipinski definition) is 2. The van der Waals surface area contributed by atoms with Gasteiger partial charge in [-0.2, -0.15) is 23.1 Å². The quantitative estimate of drug-likeness (QED) is 0.295. The van der Waals surface area contributed by atoms with Crippen molar-refractivity contribution in [2.75, 3.05) is 43.5 Å². The van der Waals surface area contributed by atoms with Gasteiger partial charge >= 0.3 is 12.2 Å². The van der Waals surface area contributed by atoms with E-state index >= 15 is 4.39 Å². The van der Waals surface area contributed by atoms with E-state index in [9.17, 15) is 17.6 Å². The maximum absolute atomic E-state index is 16.8. The molecule has 6 atom stereocenters. The van der Waals surface area contributed by atoms with Gasteiger partial charge in [-0.1, -0.05) is 0 Å². The molecule has 0 spiro atoms. The van der Waals surface area contributed by atoms with Crippen molar-refractivity contribution in [1.29, 1.82) is 0 Å². The molecule has 1 saturated carbocycles. The van der Waals surface area contributed by atoms with Gasteiger partial charge < -0.3 is 30.2 Å². The van der Waals surface area contributed by atoms with Crippen LogP contribution in [0.25, 0.3) is 22.2 Å². The molecular formula is C32H34F5N7O3. The van der Waals surface area contributed by atoms with E-state index in [1.165, 1.54) is 0 Å². The Hall–Kier alpha value is -3.56. The molecule has 250 valence electrons. The van der Waals surface area contributed by atoms with Crippen LogP contribution < -0.4 is 25.4 Å².